The zero-order valence-electron chi connectivity index (χ0n) is 15.1. The van der Waals surface area contributed by atoms with E-state index in [1.165, 1.54) is 17.1 Å². The van der Waals surface area contributed by atoms with Crippen molar-refractivity contribution < 1.29 is 0 Å². The molecule has 0 aliphatic carbocycles. The Labute approximate surface area is 172 Å². The summed E-state index contributed by atoms with van der Waals surface area (Å²) in [5, 5.41) is 12.7. The molecule has 0 radical (unpaired) electrons. The molecule has 6 nitrogen and oxygen atoms in total. The van der Waals surface area contributed by atoms with Gasteiger partial charge in [-0.15, -0.1) is 10.2 Å². The summed E-state index contributed by atoms with van der Waals surface area (Å²) in [5.41, 5.74) is 1.20. The van der Waals surface area contributed by atoms with Crippen molar-refractivity contribution in [3.63, 3.8) is 0 Å². The van der Waals surface area contributed by atoms with Crippen molar-refractivity contribution in [2.75, 3.05) is 36.0 Å². The van der Waals surface area contributed by atoms with Gasteiger partial charge in [-0.25, -0.2) is 4.98 Å². The van der Waals surface area contributed by atoms with Gasteiger partial charge in [-0.2, -0.15) is 4.37 Å². The van der Waals surface area contributed by atoms with Gasteiger partial charge in [-0.1, -0.05) is 42.0 Å². The number of hydrogen-bond donors (Lipinski definition) is 0. The van der Waals surface area contributed by atoms with E-state index in [4.69, 9.17) is 11.6 Å². The van der Waals surface area contributed by atoms with Gasteiger partial charge in [-0.3, -0.25) is 0 Å². The lowest BCUT2D eigenvalue weighted by atomic mass is 10.2. The van der Waals surface area contributed by atoms with Gasteiger partial charge < -0.3 is 9.80 Å². The van der Waals surface area contributed by atoms with Crippen LogP contribution in [0.5, 0.6) is 0 Å². The van der Waals surface area contributed by atoms with Crippen LogP contribution >= 0.6 is 34.5 Å². The van der Waals surface area contributed by atoms with Crippen LogP contribution in [0.1, 0.15) is 29.7 Å². The van der Waals surface area contributed by atoms with E-state index in [1.807, 2.05) is 24.3 Å². The van der Waals surface area contributed by atoms with Crippen LogP contribution < -0.4 is 9.80 Å². The maximum atomic E-state index is 5.96. The van der Waals surface area contributed by atoms with Gasteiger partial charge in [0, 0.05) is 55.6 Å². The summed E-state index contributed by atoms with van der Waals surface area (Å²) in [6.07, 6.45) is 2.75. The van der Waals surface area contributed by atoms with Crippen LogP contribution in [0.25, 0.3) is 0 Å². The minimum atomic E-state index is 0.757. The monoisotopic (exact) mass is 420 g/mol. The third-order valence-electron chi connectivity index (χ3n) is 4.54. The number of halogens is 1. The van der Waals surface area contributed by atoms with Crippen LogP contribution in [0.15, 0.2) is 24.3 Å². The molecule has 1 aliphatic rings. The second-order valence-electron chi connectivity index (χ2n) is 6.46. The Hall–Kier alpha value is -1.77. The Morgan fingerprint density at radius 2 is 1.74 bits per heavy atom. The fourth-order valence-corrected chi connectivity index (χ4v) is 4.89. The highest BCUT2D eigenvalue weighted by Crippen LogP contribution is 2.25. The molecule has 0 unspecified atom stereocenters. The molecule has 1 aromatic carbocycles. The van der Waals surface area contributed by atoms with Gasteiger partial charge in [0.15, 0.2) is 0 Å². The lowest BCUT2D eigenvalue weighted by Crippen LogP contribution is -2.30. The highest BCUT2D eigenvalue weighted by atomic mass is 35.5. The van der Waals surface area contributed by atoms with E-state index in [9.17, 15) is 0 Å². The topological polar surface area (TPSA) is 58.0 Å². The molecule has 0 N–H and O–H groups in total. The van der Waals surface area contributed by atoms with Crippen molar-refractivity contribution in [3.05, 3.63) is 45.7 Å². The van der Waals surface area contributed by atoms with Gasteiger partial charge in [0.2, 0.25) is 10.3 Å². The number of benzene rings is 1. The van der Waals surface area contributed by atoms with Crippen molar-refractivity contribution in [1.29, 1.82) is 0 Å². The van der Waals surface area contributed by atoms with Crippen molar-refractivity contribution in [2.45, 2.75) is 26.2 Å². The second-order valence-corrected chi connectivity index (χ2v) is 8.66. The Kier molecular flexibility index (Phi) is 5.85. The highest BCUT2D eigenvalue weighted by molar-refractivity contribution is 7.15. The summed E-state index contributed by atoms with van der Waals surface area (Å²) in [6, 6.07) is 7.92. The molecule has 0 saturated carbocycles. The minimum Gasteiger partial charge on any atom is -0.345 e. The Bertz CT molecular complexity index is 878. The van der Waals surface area contributed by atoms with Crippen molar-refractivity contribution in [3.8, 4) is 0 Å². The molecule has 4 rings (SSSR count). The van der Waals surface area contributed by atoms with Crippen LogP contribution in [0.2, 0.25) is 5.02 Å². The van der Waals surface area contributed by atoms with Crippen molar-refractivity contribution in [1.82, 2.24) is 19.6 Å². The van der Waals surface area contributed by atoms with E-state index in [1.54, 1.807) is 11.3 Å². The van der Waals surface area contributed by atoms with E-state index in [2.05, 4.69) is 36.3 Å². The highest BCUT2D eigenvalue weighted by Gasteiger charge is 2.20. The normalized spacial score (nSPS) is 15.2. The Morgan fingerprint density at radius 1 is 1.00 bits per heavy atom. The number of aryl methyl sites for hydroxylation is 1. The molecule has 0 amide bonds. The van der Waals surface area contributed by atoms with Crippen molar-refractivity contribution >= 4 is 44.7 Å². The summed E-state index contributed by atoms with van der Waals surface area (Å²) in [7, 11) is 0. The van der Waals surface area contributed by atoms with E-state index >= 15 is 0 Å². The van der Waals surface area contributed by atoms with Crippen LogP contribution in [0.4, 0.5) is 10.3 Å². The van der Waals surface area contributed by atoms with Gasteiger partial charge in [-0.05, 0) is 24.1 Å². The van der Waals surface area contributed by atoms with Gasteiger partial charge >= 0.3 is 0 Å². The summed E-state index contributed by atoms with van der Waals surface area (Å²) in [6.45, 7) is 5.95. The summed E-state index contributed by atoms with van der Waals surface area (Å²) >= 11 is 9.14. The first kappa shape index (κ1) is 18.6. The molecule has 2 aromatic heterocycles. The summed E-state index contributed by atoms with van der Waals surface area (Å²) < 4.78 is 4.41. The summed E-state index contributed by atoms with van der Waals surface area (Å²) in [4.78, 5) is 9.31. The molecule has 9 heteroatoms. The van der Waals surface area contributed by atoms with Crippen LogP contribution in [0, 0.1) is 0 Å². The number of aromatic nitrogens is 4. The predicted octanol–water partition coefficient (Wildman–Crippen LogP) is 3.91. The molecule has 3 aromatic rings. The average Bonchev–Trinajstić information content (AvgIpc) is 3.28. The van der Waals surface area contributed by atoms with Gasteiger partial charge in [0.05, 0.1) is 0 Å². The van der Waals surface area contributed by atoms with Gasteiger partial charge in [0.25, 0.3) is 0 Å². The molecule has 0 spiro atoms. The largest absolute Gasteiger partial charge is 0.345 e. The number of anilines is 2. The molecule has 3 heterocycles. The van der Waals surface area contributed by atoms with Crippen LogP contribution in [-0.4, -0.2) is 45.7 Å². The maximum absolute atomic E-state index is 5.96. The standard InChI is InChI=1S/C18H21ClN6S2/c1-2-15-20-17(27-23-15)24-8-3-9-25(11-10-24)18-22-21-16(26-18)12-13-4-6-14(19)7-5-13/h4-7H,2-3,8-12H2,1H3. The van der Waals surface area contributed by atoms with E-state index in [-0.39, 0.29) is 0 Å². The molecule has 0 bridgehead atoms. The number of rotatable bonds is 5. The minimum absolute atomic E-state index is 0.757. The molecule has 1 fully saturated rings. The molecule has 27 heavy (non-hydrogen) atoms. The number of hydrogen-bond acceptors (Lipinski definition) is 8. The van der Waals surface area contributed by atoms with Crippen molar-refractivity contribution in [2.24, 2.45) is 0 Å². The lowest BCUT2D eigenvalue weighted by Gasteiger charge is -2.20. The molecular weight excluding hydrogens is 400 g/mol. The SMILES string of the molecule is CCc1nsc(N2CCCN(c3nnc(Cc4ccc(Cl)cc4)s3)CC2)n1. The Morgan fingerprint density at radius 3 is 2.44 bits per heavy atom. The molecule has 1 saturated heterocycles. The van der Waals surface area contributed by atoms with Crippen LogP contribution in [-0.2, 0) is 12.8 Å². The molecule has 1 aliphatic heterocycles. The third kappa shape index (κ3) is 4.56. The molecular formula is C18H21ClN6S2. The van der Waals surface area contributed by atoms with Gasteiger partial charge in [0.1, 0.15) is 10.8 Å². The average molecular weight is 421 g/mol. The number of nitrogens with zero attached hydrogens (tertiary/aromatic N) is 6. The molecule has 142 valence electrons. The quantitative estimate of drug-likeness (QED) is 0.623. The fraction of sp³-hybridized carbons (Fsp3) is 0.444. The van der Waals surface area contributed by atoms with E-state index in [0.29, 0.717) is 0 Å². The molecule has 0 atom stereocenters. The van der Waals surface area contributed by atoms with E-state index < -0.39 is 0 Å². The zero-order chi connectivity index (χ0) is 18.6. The summed E-state index contributed by atoms with van der Waals surface area (Å²) in [5.74, 6) is 0.937. The smallest absolute Gasteiger partial charge is 0.208 e. The zero-order valence-corrected chi connectivity index (χ0v) is 17.5. The first-order chi connectivity index (χ1) is 13.2. The lowest BCUT2D eigenvalue weighted by molar-refractivity contribution is 0.796. The Balaban J connectivity index is 1.39. The van der Waals surface area contributed by atoms with Crippen LogP contribution in [0.3, 0.4) is 0 Å². The fourth-order valence-electron chi connectivity index (χ4n) is 3.04. The first-order valence-corrected chi connectivity index (χ1v) is 11.1. The second kappa shape index (κ2) is 8.50. The maximum Gasteiger partial charge on any atom is 0.208 e. The first-order valence-electron chi connectivity index (χ1n) is 9.10. The van der Waals surface area contributed by atoms with E-state index in [0.717, 1.165) is 71.6 Å². The predicted molar refractivity (Wildman–Crippen MR) is 112 cm³/mol. The third-order valence-corrected chi connectivity index (χ3v) is 6.59.